The number of hydrogen-bond donors (Lipinski definition) is 2. The monoisotopic (exact) mass is 382 g/mol. The van der Waals surface area contributed by atoms with Crippen molar-refractivity contribution in [1.29, 1.82) is 0 Å². The number of nitrogens with one attached hydrogen (secondary N) is 2. The van der Waals surface area contributed by atoms with E-state index in [-0.39, 0.29) is 10.8 Å². The summed E-state index contributed by atoms with van der Waals surface area (Å²) in [5, 5.41) is 2.59. The lowest BCUT2D eigenvalue weighted by molar-refractivity contribution is -0.114. The quantitative estimate of drug-likeness (QED) is 0.668. The first-order valence-corrected chi connectivity index (χ1v) is 9.64. The summed E-state index contributed by atoms with van der Waals surface area (Å²) in [4.78, 5) is 11.1. The van der Waals surface area contributed by atoms with Crippen LogP contribution in [0.2, 0.25) is 0 Å². The standard InChI is InChI=1S/C20H18N2O4S/c1-15(23)21-16-10-12-20(13-11-16)27(24,25)22-17-6-5-9-19(14-17)26-18-7-3-2-4-8-18/h2-14,22H,1H3,(H,21,23). The highest BCUT2D eigenvalue weighted by Gasteiger charge is 2.14. The minimum atomic E-state index is -3.77. The molecule has 0 spiro atoms. The van der Waals surface area contributed by atoms with Crippen molar-refractivity contribution in [3.63, 3.8) is 0 Å². The molecule has 0 aromatic heterocycles. The first-order valence-electron chi connectivity index (χ1n) is 8.16. The van der Waals surface area contributed by atoms with Crippen molar-refractivity contribution in [3.8, 4) is 11.5 Å². The number of carbonyl (C=O) groups excluding carboxylic acids is 1. The van der Waals surface area contributed by atoms with E-state index in [1.54, 1.807) is 24.3 Å². The molecule has 0 aliphatic heterocycles. The molecule has 138 valence electrons. The van der Waals surface area contributed by atoms with E-state index < -0.39 is 10.0 Å². The molecule has 0 heterocycles. The molecule has 0 atom stereocenters. The predicted molar refractivity (Wildman–Crippen MR) is 105 cm³/mol. The van der Waals surface area contributed by atoms with Crippen LogP contribution in [0.25, 0.3) is 0 Å². The summed E-state index contributed by atoms with van der Waals surface area (Å²) < 4.78 is 33.4. The van der Waals surface area contributed by atoms with E-state index in [1.807, 2.05) is 30.3 Å². The maximum atomic E-state index is 12.6. The molecule has 0 bridgehead atoms. The zero-order chi connectivity index (χ0) is 19.3. The van der Waals surface area contributed by atoms with Gasteiger partial charge in [-0.25, -0.2) is 8.42 Å². The van der Waals surface area contributed by atoms with Crippen LogP contribution in [0, 0.1) is 0 Å². The third-order valence-corrected chi connectivity index (χ3v) is 4.95. The number of rotatable bonds is 6. The largest absolute Gasteiger partial charge is 0.457 e. The van der Waals surface area contributed by atoms with Crippen molar-refractivity contribution in [2.45, 2.75) is 11.8 Å². The van der Waals surface area contributed by atoms with E-state index in [2.05, 4.69) is 10.0 Å². The molecule has 27 heavy (non-hydrogen) atoms. The molecule has 7 heteroatoms. The number of amides is 1. The Morgan fingerprint density at radius 3 is 2.15 bits per heavy atom. The zero-order valence-electron chi connectivity index (χ0n) is 14.5. The van der Waals surface area contributed by atoms with Gasteiger partial charge in [-0.15, -0.1) is 0 Å². The van der Waals surface area contributed by atoms with E-state index in [4.69, 9.17) is 4.74 Å². The molecule has 0 saturated heterocycles. The Kier molecular flexibility index (Phi) is 5.42. The van der Waals surface area contributed by atoms with Gasteiger partial charge < -0.3 is 10.1 Å². The lowest BCUT2D eigenvalue weighted by Crippen LogP contribution is -2.13. The molecule has 3 aromatic rings. The van der Waals surface area contributed by atoms with Gasteiger partial charge in [0.2, 0.25) is 5.91 Å². The van der Waals surface area contributed by atoms with Gasteiger partial charge in [0.15, 0.2) is 0 Å². The smallest absolute Gasteiger partial charge is 0.261 e. The van der Waals surface area contributed by atoms with Crippen LogP contribution in [0.1, 0.15) is 6.92 Å². The molecule has 0 fully saturated rings. The summed E-state index contributed by atoms with van der Waals surface area (Å²) in [6.45, 7) is 1.39. The summed E-state index contributed by atoms with van der Waals surface area (Å²) in [5.41, 5.74) is 0.911. The van der Waals surface area contributed by atoms with Gasteiger partial charge >= 0.3 is 0 Å². The first kappa shape index (κ1) is 18.5. The Hall–Kier alpha value is -3.32. The highest BCUT2D eigenvalue weighted by Crippen LogP contribution is 2.25. The molecule has 1 amide bonds. The average Bonchev–Trinajstić information content (AvgIpc) is 2.62. The molecule has 6 nitrogen and oxygen atoms in total. The van der Waals surface area contributed by atoms with Gasteiger partial charge in [0, 0.05) is 18.7 Å². The molecule has 0 radical (unpaired) electrons. The molecule has 0 aliphatic carbocycles. The summed E-state index contributed by atoms with van der Waals surface area (Å²) >= 11 is 0. The molecule has 3 aromatic carbocycles. The Morgan fingerprint density at radius 2 is 1.48 bits per heavy atom. The van der Waals surface area contributed by atoms with Gasteiger partial charge in [-0.1, -0.05) is 24.3 Å². The van der Waals surface area contributed by atoms with Gasteiger partial charge in [-0.05, 0) is 48.5 Å². The van der Waals surface area contributed by atoms with Gasteiger partial charge in [0.25, 0.3) is 10.0 Å². The highest BCUT2D eigenvalue weighted by molar-refractivity contribution is 7.92. The van der Waals surface area contributed by atoms with Crippen LogP contribution in [0.5, 0.6) is 11.5 Å². The van der Waals surface area contributed by atoms with Gasteiger partial charge in [0.05, 0.1) is 10.6 Å². The van der Waals surface area contributed by atoms with Crippen LogP contribution in [0.3, 0.4) is 0 Å². The van der Waals surface area contributed by atoms with E-state index in [0.717, 1.165) is 0 Å². The van der Waals surface area contributed by atoms with Crippen LogP contribution < -0.4 is 14.8 Å². The SMILES string of the molecule is CC(=O)Nc1ccc(S(=O)(=O)Nc2cccc(Oc3ccccc3)c2)cc1. The van der Waals surface area contributed by atoms with E-state index in [0.29, 0.717) is 22.9 Å². The van der Waals surface area contributed by atoms with Crippen LogP contribution in [-0.2, 0) is 14.8 Å². The number of ether oxygens (including phenoxy) is 1. The molecule has 0 unspecified atom stereocenters. The summed E-state index contributed by atoms with van der Waals surface area (Å²) in [6, 6.07) is 21.8. The number of para-hydroxylation sites is 1. The number of hydrogen-bond acceptors (Lipinski definition) is 4. The number of benzene rings is 3. The fourth-order valence-corrected chi connectivity index (χ4v) is 3.43. The summed E-state index contributed by atoms with van der Waals surface area (Å²) in [6.07, 6.45) is 0. The Morgan fingerprint density at radius 1 is 0.815 bits per heavy atom. The summed E-state index contributed by atoms with van der Waals surface area (Å²) in [7, 11) is -3.77. The summed E-state index contributed by atoms with van der Waals surface area (Å²) in [5.74, 6) is 0.951. The van der Waals surface area contributed by atoms with E-state index in [9.17, 15) is 13.2 Å². The van der Waals surface area contributed by atoms with Crippen LogP contribution >= 0.6 is 0 Å². The van der Waals surface area contributed by atoms with Gasteiger partial charge in [-0.3, -0.25) is 9.52 Å². The third kappa shape index (κ3) is 5.08. The topological polar surface area (TPSA) is 84.5 Å². The maximum absolute atomic E-state index is 12.6. The van der Waals surface area contributed by atoms with E-state index >= 15 is 0 Å². The highest BCUT2D eigenvalue weighted by atomic mass is 32.2. The minimum absolute atomic E-state index is 0.0889. The second-order valence-electron chi connectivity index (χ2n) is 5.75. The first-order chi connectivity index (χ1) is 12.9. The Labute approximate surface area is 157 Å². The lowest BCUT2D eigenvalue weighted by atomic mass is 10.3. The third-order valence-electron chi connectivity index (χ3n) is 3.55. The van der Waals surface area contributed by atoms with Crippen molar-refractivity contribution in [2.24, 2.45) is 0 Å². The van der Waals surface area contributed by atoms with Gasteiger partial charge in [0.1, 0.15) is 11.5 Å². The van der Waals surface area contributed by atoms with Crippen molar-refractivity contribution < 1.29 is 17.9 Å². The van der Waals surface area contributed by atoms with E-state index in [1.165, 1.54) is 31.2 Å². The van der Waals surface area contributed by atoms with Crippen LogP contribution in [0.15, 0.2) is 83.8 Å². The van der Waals surface area contributed by atoms with Gasteiger partial charge in [-0.2, -0.15) is 0 Å². The van der Waals surface area contributed by atoms with Crippen molar-refractivity contribution >= 4 is 27.3 Å². The Bertz CT molecular complexity index is 1030. The average molecular weight is 382 g/mol. The second-order valence-corrected chi connectivity index (χ2v) is 7.44. The molecule has 0 aliphatic rings. The fourth-order valence-electron chi connectivity index (χ4n) is 2.38. The van der Waals surface area contributed by atoms with Crippen molar-refractivity contribution in [1.82, 2.24) is 0 Å². The normalized spacial score (nSPS) is 10.9. The van der Waals surface area contributed by atoms with Crippen LogP contribution in [0.4, 0.5) is 11.4 Å². The van der Waals surface area contributed by atoms with Crippen molar-refractivity contribution in [2.75, 3.05) is 10.0 Å². The van der Waals surface area contributed by atoms with Crippen molar-refractivity contribution in [3.05, 3.63) is 78.9 Å². The zero-order valence-corrected chi connectivity index (χ0v) is 15.4. The number of sulfonamides is 1. The minimum Gasteiger partial charge on any atom is -0.457 e. The Balaban J connectivity index is 1.75. The molecule has 3 rings (SSSR count). The fraction of sp³-hybridized carbons (Fsp3) is 0.0500. The van der Waals surface area contributed by atoms with Crippen LogP contribution in [-0.4, -0.2) is 14.3 Å². The second kappa shape index (κ2) is 7.92. The molecular formula is C20H18N2O4S. The maximum Gasteiger partial charge on any atom is 0.261 e. The number of carbonyl (C=O) groups is 1. The number of anilines is 2. The lowest BCUT2D eigenvalue weighted by Gasteiger charge is -2.11. The molecule has 0 saturated carbocycles. The molecular weight excluding hydrogens is 364 g/mol. The predicted octanol–water partition coefficient (Wildman–Crippen LogP) is 4.24. The molecule has 2 N–H and O–H groups in total.